The lowest BCUT2D eigenvalue weighted by Crippen LogP contribution is -2.54. The van der Waals surface area contributed by atoms with Gasteiger partial charge in [0.25, 0.3) is 5.91 Å². The van der Waals surface area contributed by atoms with E-state index in [0.29, 0.717) is 48.6 Å². The number of nitrogens with two attached hydrogens (primary N) is 1. The van der Waals surface area contributed by atoms with Crippen LogP contribution in [-0.2, 0) is 11.3 Å². The minimum atomic E-state index is -0.833. The molecule has 5 aromatic rings. The Hall–Kier alpha value is -6.26. The Bertz CT molecular complexity index is 2630. The van der Waals surface area contributed by atoms with Gasteiger partial charge in [0, 0.05) is 81.8 Å². The maximum absolute atomic E-state index is 13.8. The van der Waals surface area contributed by atoms with Crippen molar-refractivity contribution < 1.29 is 24.2 Å². The highest BCUT2D eigenvalue weighted by Crippen LogP contribution is 2.38. The van der Waals surface area contributed by atoms with Crippen molar-refractivity contribution in [2.24, 2.45) is 11.8 Å². The number of carbonyl (C=O) groups is 3. The van der Waals surface area contributed by atoms with Crippen LogP contribution in [0.1, 0.15) is 99.0 Å². The molecule has 6 aliphatic rings. The molecule has 69 heavy (non-hydrogen) atoms. The van der Waals surface area contributed by atoms with E-state index < -0.39 is 12.3 Å². The standard InChI is InChI=1S/C53H65N11O5/c54-49-47-48(37-8-11-43(12-9-37)69-42-4-2-1-3-5-42)58-64(50(47)56-34-55-49)40-22-28-59(29-23-40)39-20-30-62(31-21-39)53(68)61-26-18-36(19-27-61)7-6-35-16-24-60(25-17-35)41-10-13-44-38(32-41)33-63(52(44)67)45-14-15-46(65)57-51(45)66/h1-5,8-13,32,34-36,39-40,45-46,65H,6-7,14-31,33H2,(H,57,66)(H2,54,55,56). The molecule has 0 saturated carbocycles. The van der Waals surface area contributed by atoms with Crippen LogP contribution in [0.15, 0.2) is 79.1 Å². The van der Waals surface area contributed by atoms with Crippen molar-refractivity contribution in [3.63, 3.8) is 0 Å². The van der Waals surface area contributed by atoms with Gasteiger partial charge in [0.05, 0.1) is 11.4 Å². The Kier molecular flexibility index (Phi) is 12.9. The van der Waals surface area contributed by atoms with Crippen molar-refractivity contribution in [3.8, 4) is 22.8 Å². The highest BCUT2D eigenvalue weighted by molar-refractivity contribution is 6.02. The van der Waals surface area contributed by atoms with E-state index in [4.69, 9.17) is 15.6 Å². The van der Waals surface area contributed by atoms with Crippen molar-refractivity contribution in [1.29, 1.82) is 0 Å². The lowest BCUT2D eigenvalue weighted by molar-refractivity contribution is -0.132. The Morgan fingerprint density at radius 1 is 0.725 bits per heavy atom. The second kappa shape index (κ2) is 19.6. The van der Waals surface area contributed by atoms with Gasteiger partial charge in [-0.05, 0) is 136 Å². The molecule has 2 aromatic heterocycles. The maximum Gasteiger partial charge on any atom is 0.319 e. The van der Waals surface area contributed by atoms with E-state index in [2.05, 4.69) is 51.7 Å². The van der Waals surface area contributed by atoms with Crippen LogP contribution >= 0.6 is 0 Å². The molecule has 2 unspecified atom stereocenters. The highest BCUT2D eigenvalue weighted by atomic mass is 16.5. The topological polar surface area (TPSA) is 179 Å². The summed E-state index contributed by atoms with van der Waals surface area (Å²) in [7, 11) is 0. The van der Waals surface area contributed by atoms with Crippen LogP contribution in [-0.4, -0.2) is 133 Å². The first kappa shape index (κ1) is 45.2. The number of benzene rings is 3. The van der Waals surface area contributed by atoms with Crippen molar-refractivity contribution in [2.45, 2.75) is 108 Å². The fourth-order valence-electron chi connectivity index (χ4n) is 12.1. The molecule has 16 heteroatoms. The smallest absolute Gasteiger partial charge is 0.319 e. The molecule has 5 fully saturated rings. The van der Waals surface area contributed by atoms with Gasteiger partial charge in [0.1, 0.15) is 41.6 Å². The zero-order valence-corrected chi connectivity index (χ0v) is 39.5. The monoisotopic (exact) mass is 936 g/mol. The third-order valence-electron chi connectivity index (χ3n) is 16.2. The number of fused-ring (bicyclic) bond motifs is 2. The molecule has 362 valence electrons. The minimum Gasteiger partial charge on any atom is -0.457 e. The zero-order chi connectivity index (χ0) is 47.0. The van der Waals surface area contributed by atoms with Gasteiger partial charge in [-0.25, -0.2) is 19.4 Å². The number of para-hydroxylation sites is 1. The lowest BCUT2D eigenvalue weighted by atomic mass is 9.85. The quantitative estimate of drug-likeness (QED) is 0.131. The first-order chi connectivity index (χ1) is 33.7. The van der Waals surface area contributed by atoms with Gasteiger partial charge in [-0.2, -0.15) is 5.10 Å². The number of hydrogen-bond acceptors (Lipinski definition) is 11. The predicted molar refractivity (Wildman–Crippen MR) is 263 cm³/mol. The summed E-state index contributed by atoms with van der Waals surface area (Å²) >= 11 is 0. The van der Waals surface area contributed by atoms with Gasteiger partial charge in [-0.15, -0.1) is 0 Å². The van der Waals surface area contributed by atoms with Crippen molar-refractivity contribution in [2.75, 3.05) is 63.0 Å². The van der Waals surface area contributed by atoms with Crippen molar-refractivity contribution in [3.05, 3.63) is 90.3 Å². The van der Waals surface area contributed by atoms with E-state index in [0.717, 1.165) is 149 Å². The van der Waals surface area contributed by atoms with Crippen molar-refractivity contribution >= 4 is 40.4 Å². The summed E-state index contributed by atoms with van der Waals surface area (Å²) in [6, 6.07) is 24.2. The van der Waals surface area contributed by atoms with Gasteiger partial charge in [-0.3, -0.25) is 9.59 Å². The van der Waals surface area contributed by atoms with E-state index in [1.807, 2.05) is 60.7 Å². The Morgan fingerprint density at radius 3 is 2.07 bits per heavy atom. The number of nitrogens with zero attached hydrogens (tertiary/aromatic N) is 9. The maximum atomic E-state index is 13.8. The summed E-state index contributed by atoms with van der Waals surface area (Å²) in [5, 5.41) is 18.3. The molecular formula is C53H65N11O5. The predicted octanol–water partition coefficient (Wildman–Crippen LogP) is 7.05. The number of urea groups is 1. The number of nitrogen functional groups attached to an aromatic ring is 1. The van der Waals surface area contributed by atoms with E-state index in [1.165, 1.54) is 19.2 Å². The number of likely N-dealkylation sites (tertiary alicyclic amines) is 3. The summed E-state index contributed by atoms with van der Waals surface area (Å²) in [6.07, 6.45) is 12.5. The molecule has 5 saturated heterocycles. The third-order valence-corrected chi connectivity index (χ3v) is 16.2. The van der Waals surface area contributed by atoms with Crippen LogP contribution in [0.2, 0.25) is 0 Å². The Morgan fingerprint density at radius 2 is 1.38 bits per heavy atom. The number of anilines is 2. The number of rotatable bonds is 10. The number of hydrogen-bond donors (Lipinski definition) is 3. The second-order valence-corrected chi connectivity index (χ2v) is 20.3. The molecule has 4 amide bonds. The molecule has 3 aromatic carbocycles. The van der Waals surface area contributed by atoms with E-state index in [9.17, 15) is 19.5 Å². The first-order valence-electron chi connectivity index (χ1n) is 25.5. The molecule has 0 radical (unpaired) electrons. The number of carbonyl (C=O) groups excluding carboxylic acids is 3. The van der Waals surface area contributed by atoms with Gasteiger partial charge in [0.15, 0.2) is 5.65 Å². The number of nitrogens with one attached hydrogen (secondary N) is 1. The fraction of sp³-hybridized carbons (Fsp3) is 0.509. The number of aliphatic hydroxyl groups excluding tert-OH is 1. The van der Waals surface area contributed by atoms with Gasteiger partial charge >= 0.3 is 6.03 Å². The molecule has 0 aliphatic carbocycles. The SMILES string of the molecule is Nc1ncnc2c1c(-c1ccc(Oc3ccccc3)cc1)nn2C1CCN(C2CCN(C(=O)N3CCC(CCC4CCN(c5ccc6c(c5)CN(C5CCC(O)NC5=O)C6=O)CC4)CC3)CC2)CC1. The van der Waals surface area contributed by atoms with E-state index in [1.54, 1.807) is 4.90 Å². The van der Waals surface area contributed by atoms with E-state index in [-0.39, 0.29) is 23.9 Å². The largest absolute Gasteiger partial charge is 0.457 e. The third kappa shape index (κ3) is 9.44. The average Bonchev–Trinajstić information content (AvgIpc) is 3.94. The van der Waals surface area contributed by atoms with E-state index >= 15 is 0 Å². The number of piperidine rings is 5. The minimum absolute atomic E-state index is 0.0970. The molecular weight excluding hydrogens is 871 g/mol. The van der Waals surface area contributed by atoms with Crippen LogP contribution in [0.3, 0.4) is 0 Å². The molecule has 8 heterocycles. The van der Waals surface area contributed by atoms with Crippen LogP contribution in [0.4, 0.5) is 16.3 Å². The first-order valence-corrected chi connectivity index (χ1v) is 25.5. The molecule has 11 rings (SSSR count). The summed E-state index contributed by atoms with van der Waals surface area (Å²) in [4.78, 5) is 59.5. The lowest BCUT2D eigenvalue weighted by Gasteiger charge is -2.43. The van der Waals surface area contributed by atoms with Gasteiger partial charge < -0.3 is 45.4 Å². The fourth-order valence-corrected chi connectivity index (χ4v) is 12.1. The Labute approximate surface area is 403 Å². The van der Waals surface area contributed by atoms with Crippen LogP contribution in [0.25, 0.3) is 22.3 Å². The van der Waals surface area contributed by atoms with Crippen LogP contribution < -0.4 is 20.7 Å². The molecule has 0 spiro atoms. The average molecular weight is 936 g/mol. The number of amides is 4. The molecule has 0 bridgehead atoms. The number of aliphatic hydroxyl groups is 1. The van der Waals surface area contributed by atoms with Crippen LogP contribution in [0, 0.1) is 11.8 Å². The normalized spacial score (nSPS) is 22.6. The van der Waals surface area contributed by atoms with Crippen molar-refractivity contribution in [1.82, 2.24) is 44.7 Å². The molecule has 2 atom stereocenters. The summed E-state index contributed by atoms with van der Waals surface area (Å²) < 4.78 is 8.11. The molecule has 4 N–H and O–H groups in total. The van der Waals surface area contributed by atoms with Gasteiger partial charge in [0.2, 0.25) is 5.91 Å². The molecule has 16 nitrogen and oxygen atoms in total. The highest BCUT2D eigenvalue weighted by Gasteiger charge is 2.40. The summed E-state index contributed by atoms with van der Waals surface area (Å²) in [5.41, 5.74) is 11.8. The number of aromatic nitrogens is 4. The second-order valence-electron chi connectivity index (χ2n) is 20.3. The summed E-state index contributed by atoms with van der Waals surface area (Å²) in [5.74, 6) is 2.98. The van der Waals surface area contributed by atoms with Crippen LogP contribution in [0.5, 0.6) is 11.5 Å². The van der Waals surface area contributed by atoms with Gasteiger partial charge in [-0.1, -0.05) is 31.0 Å². The number of ether oxygens (including phenoxy) is 1. The summed E-state index contributed by atoms with van der Waals surface area (Å²) in [6.45, 7) is 7.74. The zero-order valence-electron chi connectivity index (χ0n) is 39.5. The Balaban J connectivity index is 0.602. The molecule has 6 aliphatic heterocycles.